The van der Waals surface area contributed by atoms with Crippen molar-refractivity contribution in [1.29, 1.82) is 0 Å². The summed E-state index contributed by atoms with van der Waals surface area (Å²) in [6, 6.07) is 13.2. The first-order valence-electron chi connectivity index (χ1n) is 6.54. The van der Waals surface area contributed by atoms with Crippen molar-refractivity contribution in [2.75, 3.05) is 13.6 Å². The fraction of sp³-hybridized carbons (Fsp3) is 0.250. The molecule has 2 aromatic carbocycles. The van der Waals surface area contributed by atoms with Gasteiger partial charge in [-0.2, -0.15) is 0 Å². The number of hydrogen-bond donors (Lipinski definition) is 2. The molecule has 2 N–H and O–H groups in total. The molecular formula is C16H16ClNO2. The van der Waals surface area contributed by atoms with Crippen LogP contribution in [0.5, 0.6) is 5.75 Å². The zero-order valence-electron chi connectivity index (χ0n) is 11.2. The Morgan fingerprint density at radius 2 is 1.95 bits per heavy atom. The minimum atomic E-state index is -1.15. The molecule has 2 aromatic rings. The van der Waals surface area contributed by atoms with Crippen molar-refractivity contribution in [3.8, 4) is 5.75 Å². The maximum Gasteiger partial charge on any atom is 0.144 e. The van der Waals surface area contributed by atoms with Crippen LogP contribution < -0.4 is 10.1 Å². The van der Waals surface area contributed by atoms with E-state index in [9.17, 15) is 5.11 Å². The number of hydrogen-bond acceptors (Lipinski definition) is 3. The van der Waals surface area contributed by atoms with Gasteiger partial charge in [-0.05, 0) is 24.2 Å². The molecule has 0 spiro atoms. The normalized spacial score (nSPS) is 20.6. The summed E-state index contributed by atoms with van der Waals surface area (Å²) in [6.45, 7) is 0.791. The van der Waals surface area contributed by atoms with E-state index in [1.165, 1.54) is 0 Å². The SMILES string of the molecule is CNCC1(O)c2ccccc2COc2c(Cl)cccc21. The molecule has 1 aliphatic rings. The zero-order chi connectivity index (χ0) is 14.2. The molecule has 1 atom stereocenters. The van der Waals surface area contributed by atoms with Gasteiger partial charge in [0, 0.05) is 12.1 Å². The van der Waals surface area contributed by atoms with Crippen molar-refractivity contribution in [2.45, 2.75) is 12.2 Å². The molecule has 0 radical (unpaired) electrons. The lowest BCUT2D eigenvalue weighted by atomic mass is 9.84. The Kier molecular flexibility index (Phi) is 3.42. The molecule has 1 heterocycles. The molecule has 3 nitrogen and oxygen atoms in total. The number of para-hydroxylation sites is 1. The van der Waals surface area contributed by atoms with Crippen LogP contribution in [0.4, 0.5) is 0 Å². The number of benzene rings is 2. The minimum absolute atomic E-state index is 0.390. The Morgan fingerprint density at radius 3 is 2.75 bits per heavy atom. The minimum Gasteiger partial charge on any atom is -0.487 e. The second-order valence-corrected chi connectivity index (χ2v) is 5.36. The lowest BCUT2D eigenvalue weighted by Gasteiger charge is -2.29. The highest BCUT2D eigenvalue weighted by molar-refractivity contribution is 6.32. The number of rotatable bonds is 2. The molecule has 0 aromatic heterocycles. The summed E-state index contributed by atoms with van der Waals surface area (Å²) in [5.41, 5.74) is 1.37. The molecule has 0 saturated carbocycles. The predicted molar refractivity (Wildman–Crippen MR) is 79.2 cm³/mol. The van der Waals surface area contributed by atoms with Crippen LogP contribution in [0.25, 0.3) is 0 Å². The van der Waals surface area contributed by atoms with E-state index in [1.54, 1.807) is 6.07 Å². The number of likely N-dealkylation sites (N-methyl/N-ethyl adjacent to an activating group) is 1. The van der Waals surface area contributed by atoms with Crippen molar-refractivity contribution in [3.63, 3.8) is 0 Å². The van der Waals surface area contributed by atoms with Gasteiger partial charge in [0.15, 0.2) is 0 Å². The number of halogens is 1. The Balaban J connectivity index is 2.28. The van der Waals surface area contributed by atoms with Gasteiger partial charge >= 0.3 is 0 Å². The van der Waals surface area contributed by atoms with Crippen molar-refractivity contribution in [1.82, 2.24) is 5.32 Å². The molecule has 0 bridgehead atoms. The lowest BCUT2D eigenvalue weighted by molar-refractivity contribution is 0.0815. The van der Waals surface area contributed by atoms with Gasteiger partial charge in [-0.1, -0.05) is 48.0 Å². The van der Waals surface area contributed by atoms with Crippen LogP contribution in [0.3, 0.4) is 0 Å². The number of aliphatic hydroxyl groups is 1. The second-order valence-electron chi connectivity index (χ2n) is 4.95. The molecule has 20 heavy (non-hydrogen) atoms. The average Bonchev–Trinajstić information content (AvgIpc) is 2.57. The first kappa shape index (κ1) is 13.4. The van der Waals surface area contributed by atoms with E-state index < -0.39 is 5.60 Å². The average molecular weight is 290 g/mol. The molecule has 0 amide bonds. The Bertz CT molecular complexity index is 644. The number of fused-ring (bicyclic) bond motifs is 2. The lowest BCUT2D eigenvalue weighted by Crippen LogP contribution is -2.38. The van der Waals surface area contributed by atoms with E-state index in [-0.39, 0.29) is 0 Å². The van der Waals surface area contributed by atoms with Crippen LogP contribution in [-0.4, -0.2) is 18.7 Å². The summed E-state index contributed by atoms with van der Waals surface area (Å²) in [5.74, 6) is 0.558. The van der Waals surface area contributed by atoms with Gasteiger partial charge in [-0.3, -0.25) is 0 Å². The summed E-state index contributed by atoms with van der Waals surface area (Å²) in [5, 5.41) is 14.9. The molecule has 0 aliphatic carbocycles. The summed E-state index contributed by atoms with van der Waals surface area (Å²) in [6.07, 6.45) is 0. The topological polar surface area (TPSA) is 41.5 Å². The van der Waals surface area contributed by atoms with Crippen molar-refractivity contribution < 1.29 is 9.84 Å². The Labute approximate surface area is 123 Å². The third kappa shape index (κ3) is 1.99. The molecule has 1 unspecified atom stereocenters. The first-order valence-corrected chi connectivity index (χ1v) is 6.92. The molecule has 0 saturated heterocycles. The molecule has 104 valence electrons. The van der Waals surface area contributed by atoms with Crippen molar-refractivity contribution in [3.05, 3.63) is 64.2 Å². The summed E-state index contributed by atoms with van der Waals surface area (Å²) in [4.78, 5) is 0. The van der Waals surface area contributed by atoms with Crippen LogP contribution >= 0.6 is 11.6 Å². The zero-order valence-corrected chi connectivity index (χ0v) is 11.9. The van der Waals surface area contributed by atoms with Crippen molar-refractivity contribution >= 4 is 11.6 Å². The predicted octanol–water partition coefficient (Wildman–Crippen LogP) is 2.69. The maximum atomic E-state index is 11.3. The van der Waals surface area contributed by atoms with E-state index in [4.69, 9.17) is 16.3 Å². The molecule has 4 heteroatoms. The fourth-order valence-corrected chi connectivity index (χ4v) is 3.00. The van der Waals surface area contributed by atoms with Crippen LogP contribution in [0.2, 0.25) is 5.02 Å². The van der Waals surface area contributed by atoms with E-state index in [0.717, 1.165) is 11.1 Å². The summed E-state index contributed by atoms with van der Waals surface area (Å²) in [7, 11) is 1.82. The second kappa shape index (κ2) is 5.09. The van der Waals surface area contributed by atoms with Crippen molar-refractivity contribution in [2.24, 2.45) is 0 Å². The van der Waals surface area contributed by atoms with Crippen LogP contribution in [0, 0.1) is 0 Å². The third-order valence-electron chi connectivity index (χ3n) is 3.68. The van der Waals surface area contributed by atoms with Crippen LogP contribution in [-0.2, 0) is 12.2 Å². The Hall–Kier alpha value is -1.55. The third-order valence-corrected chi connectivity index (χ3v) is 3.98. The highest BCUT2D eigenvalue weighted by Gasteiger charge is 2.38. The first-order chi connectivity index (χ1) is 9.66. The molecule has 1 aliphatic heterocycles. The van der Waals surface area contributed by atoms with Crippen LogP contribution in [0.1, 0.15) is 16.7 Å². The van der Waals surface area contributed by atoms with Gasteiger partial charge in [0.1, 0.15) is 18.0 Å². The Morgan fingerprint density at radius 1 is 1.20 bits per heavy atom. The van der Waals surface area contributed by atoms with Crippen LogP contribution in [0.15, 0.2) is 42.5 Å². The number of nitrogens with one attached hydrogen (secondary N) is 1. The summed E-state index contributed by atoms with van der Waals surface area (Å²) < 4.78 is 5.83. The van der Waals surface area contributed by atoms with Gasteiger partial charge in [-0.15, -0.1) is 0 Å². The highest BCUT2D eigenvalue weighted by atomic mass is 35.5. The number of ether oxygens (including phenoxy) is 1. The van der Waals surface area contributed by atoms with E-state index >= 15 is 0 Å². The van der Waals surface area contributed by atoms with E-state index in [1.807, 2.05) is 43.4 Å². The molecule has 0 fully saturated rings. The highest BCUT2D eigenvalue weighted by Crippen LogP contribution is 2.43. The smallest absolute Gasteiger partial charge is 0.144 e. The van der Waals surface area contributed by atoms with Gasteiger partial charge in [0.2, 0.25) is 0 Å². The standard InChI is InChI=1S/C16H16ClNO2/c1-18-10-16(19)12-6-3-2-5-11(12)9-20-15-13(16)7-4-8-14(15)17/h2-8,18-19H,9-10H2,1H3. The van der Waals surface area contributed by atoms with Gasteiger partial charge < -0.3 is 15.2 Å². The fourth-order valence-electron chi connectivity index (χ4n) is 2.77. The molecular weight excluding hydrogens is 274 g/mol. The van der Waals surface area contributed by atoms with E-state index in [2.05, 4.69) is 5.32 Å². The quantitative estimate of drug-likeness (QED) is 0.893. The molecule has 3 rings (SSSR count). The maximum absolute atomic E-state index is 11.3. The van der Waals surface area contributed by atoms with Gasteiger partial charge in [0.25, 0.3) is 0 Å². The largest absolute Gasteiger partial charge is 0.487 e. The monoisotopic (exact) mass is 289 g/mol. The van der Waals surface area contributed by atoms with Gasteiger partial charge in [0.05, 0.1) is 5.02 Å². The van der Waals surface area contributed by atoms with E-state index in [0.29, 0.717) is 29.5 Å². The van der Waals surface area contributed by atoms with Gasteiger partial charge in [-0.25, -0.2) is 0 Å². The summed E-state index contributed by atoms with van der Waals surface area (Å²) >= 11 is 6.23.